The van der Waals surface area contributed by atoms with Crippen LogP contribution in [0.5, 0.6) is 11.6 Å². The lowest BCUT2D eigenvalue weighted by molar-refractivity contribution is -0.119. The van der Waals surface area contributed by atoms with E-state index in [1.54, 1.807) is 19.2 Å². The van der Waals surface area contributed by atoms with Gasteiger partial charge in [0.25, 0.3) is 0 Å². The molecule has 0 bridgehead atoms. The molecule has 2 fully saturated rings. The summed E-state index contributed by atoms with van der Waals surface area (Å²) in [7, 11) is 0. The molecular formula is C33H40Cl2N6O3. The maximum absolute atomic E-state index is 11.3. The van der Waals surface area contributed by atoms with Gasteiger partial charge in [0, 0.05) is 74.3 Å². The van der Waals surface area contributed by atoms with Crippen molar-refractivity contribution in [2.24, 2.45) is 5.92 Å². The summed E-state index contributed by atoms with van der Waals surface area (Å²) in [5.41, 5.74) is 2.64. The van der Waals surface area contributed by atoms with Crippen molar-refractivity contribution in [2.75, 3.05) is 57.3 Å². The predicted octanol–water partition coefficient (Wildman–Crippen LogP) is 5.69. The zero-order chi connectivity index (χ0) is 30.9. The van der Waals surface area contributed by atoms with Crippen molar-refractivity contribution in [1.82, 2.24) is 25.1 Å². The number of hydrogen-bond acceptors (Lipinski definition) is 8. The molecule has 11 heteroatoms. The summed E-state index contributed by atoms with van der Waals surface area (Å²) in [6, 6.07) is 13.4. The first-order chi connectivity index (χ1) is 21.3. The van der Waals surface area contributed by atoms with Gasteiger partial charge >= 0.3 is 0 Å². The third kappa shape index (κ3) is 9.38. The van der Waals surface area contributed by atoms with Crippen LogP contribution in [0.25, 0.3) is 11.3 Å². The van der Waals surface area contributed by atoms with E-state index in [-0.39, 0.29) is 5.91 Å². The van der Waals surface area contributed by atoms with E-state index in [0.29, 0.717) is 34.0 Å². The summed E-state index contributed by atoms with van der Waals surface area (Å²) in [6.45, 7) is 9.64. The molecule has 0 aliphatic carbocycles. The van der Waals surface area contributed by atoms with Gasteiger partial charge in [-0.3, -0.25) is 14.6 Å². The van der Waals surface area contributed by atoms with Gasteiger partial charge < -0.3 is 19.7 Å². The highest BCUT2D eigenvalue weighted by Crippen LogP contribution is 2.31. The third-order valence-electron chi connectivity index (χ3n) is 8.21. The van der Waals surface area contributed by atoms with E-state index < -0.39 is 0 Å². The molecule has 2 aromatic heterocycles. The second-order valence-electron chi connectivity index (χ2n) is 11.6. The standard InChI is InChI=1S/C33H40Cl2N6O3/c1-24(43)36-21-25-6-9-40(10-7-25)23-26-16-31(27-18-28(34)20-29(35)19-27)38-33(17-26)44-30-4-5-32(37-22-30)41-13-11-39(12-14-41)8-2-3-15-42/h4-5,15-20,22,25H,2-3,6-14,21,23H2,1H3,(H,36,43). The molecule has 1 aromatic carbocycles. The monoisotopic (exact) mass is 638 g/mol. The minimum atomic E-state index is 0.0247. The van der Waals surface area contributed by atoms with Crippen LogP contribution in [0.15, 0.2) is 48.7 Å². The van der Waals surface area contributed by atoms with Crippen LogP contribution in [0.4, 0.5) is 5.82 Å². The summed E-state index contributed by atoms with van der Waals surface area (Å²) in [4.78, 5) is 38.5. The van der Waals surface area contributed by atoms with Crippen molar-refractivity contribution < 1.29 is 14.3 Å². The van der Waals surface area contributed by atoms with Crippen molar-refractivity contribution in [1.29, 1.82) is 0 Å². The summed E-state index contributed by atoms with van der Waals surface area (Å²) in [5, 5.41) is 4.05. The number of anilines is 1. The number of aromatic nitrogens is 2. The number of halogens is 2. The first-order valence-corrected chi connectivity index (χ1v) is 16.1. The van der Waals surface area contributed by atoms with Gasteiger partial charge in [-0.1, -0.05) is 23.2 Å². The highest BCUT2D eigenvalue weighted by atomic mass is 35.5. The number of ether oxygens (including phenoxy) is 1. The first kappa shape index (κ1) is 32.2. The third-order valence-corrected chi connectivity index (χ3v) is 8.65. The second-order valence-corrected chi connectivity index (χ2v) is 12.5. The quantitative estimate of drug-likeness (QED) is 0.200. The van der Waals surface area contributed by atoms with Gasteiger partial charge in [0.05, 0.1) is 11.9 Å². The molecule has 0 atom stereocenters. The van der Waals surface area contributed by atoms with E-state index in [0.717, 1.165) is 107 Å². The van der Waals surface area contributed by atoms with E-state index in [9.17, 15) is 9.59 Å². The number of pyridine rings is 2. The molecule has 9 nitrogen and oxygen atoms in total. The van der Waals surface area contributed by atoms with Crippen molar-refractivity contribution in [3.05, 3.63) is 64.3 Å². The average molecular weight is 640 g/mol. The summed E-state index contributed by atoms with van der Waals surface area (Å²) >= 11 is 12.7. The Labute approximate surface area is 269 Å². The zero-order valence-electron chi connectivity index (χ0n) is 25.2. The van der Waals surface area contributed by atoms with E-state index in [1.165, 1.54) is 0 Å². The van der Waals surface area contributed by atoms with Gasteiger partial charge in [0.15, 0.2) is 0 Å². The first-order valence-electron chi connectivity index (χ1n) is 15.3. The highest BCUT2D eigenvalue weighted by Gasteiger charge is 2.21. The van der Waals surface area contributed by atoms with Gasteiger partial charge in [-0.15, -0.1) is 0 Å². The molecular weight excluding hydrogens is 599 g/mol. The van der Waals surface area contributed by atoms with Crippen LogP contribution in [0.3, 0.4) is 0 Å². The second kappa shape index (κ2) is 15.7. The van der Waals surface area contributed by atoms with Gasteiger partial charge in [0.1, 0.15) is 17.9 Å². The molecule has 2 aliphatic rings. The van der Waals surface area contributed by atoms with E-state index in [4.69, 9.17) is 37.9 Å². The number of nitrogens with one attached hydrogen (secondary N) is 1. The number of nitrogens with zero attached hydrogens (tertiary/aromatic N) is 5. The van der Waals surface area contributed by atoms with Crippen LogP contribution in [0, 0.1) is 5.92 Å². The lowest BCUT2D eigenvalue weighted by Crippen LogP contribution is -2.46. The van der Waals surface area contributed by atoms with Gasteiger partial charge in [-0.05, 0) is 86.8 Å². The van der Waals surface area contributed by atoms with Crippen LogP contribution in [-0.2, 0) is 16.1 Å². The van der Waals surface area contributed by atoms with E-state index in [2.05, 4.69) is 26.1 Å². The fourth-order valence-electron chi connectivity index (χ4n) is 5.79. The molecule has 3 aromatic rings. The van der Waals surface area contributed by atoms with E-state index >= 15 is 0 Å². The molecule has 0 unspecified atom stereocenters. The molecule has 0 radical (unpaired) electrons. The van der Waals surface area contributed by atoms with Crippen LogP contribution < -0.4 is 15.0 Å². The minimum Gasteiger partial charge on any atom is -0.437 e. The molecule has 1 N–H and O–H groups in total. The predicted molar refractivity (Wildman–Crippen MR) is 175 cm³/mol. The number of benzene rings is 1. The largest absolute Gasteiger partial charge is 0.437 e. The SMILES string of the molecule is CC(=O)NCC1CCN(Cc2cc(Oc3ccc(N4CCN(CCCC=O)CC4)nc3)nc(-c3cc(Cl)cc(Cl)c3)c2)CC1. The topological polar surface area (TPSA) is 90.9 Å². The normalized spacial score (nSPS) is 16.6. The Morgan fingerprint density at radius 3 is 2.41 bits per heavy atom. The molecule has 44 heavy (non-hydrogen) atoms. The number of carbonyl (C=O) groups excluding carboxylic acids is 2. The smallest absolute Gasteiger partial charge is 0.220 e. The Bertz CT molecular complexity index is 1390. The van der Waals surface area contributed by atoms with Crippen LogP contribution in [-0.4, -0.2) is 84.3 Å². The van der Waals surface area contributed by atoms with Gasteiger partial charge in [0.2, 0.25) is 11.8 Å². The Balaban J connectivity index is 1.26. The van der Waals surface area contributed by atoms with E-state index in [1.807, 2.05) is 30.3 Å². The van der Waals surface area contributed by atoms with Gasteiger partial charge in [-0.25, -0.2) is 9.97 Å². The molecule has 5 rings (SSSR count). The Morgan fingerprint density at radius 2 is 1.75 bits per heavy atom. The molecule has 2 saturated heterocycles. The minimum absolute atomic E-state index is 0.0247. The lowest BCUT2D eigenvalue weighted by Gasteiger charge is -2.35. The lowest BCUT2D eigenvalue weighted by atomic mass is 9.96. The fourth-order valence-corrected chi connectivity index (χ4v) is 6.31. The molecule has 1 amide bonds. The highest BCUT2D eigenvalue weighted by molar-refractivity contribution is 6.35. The van der Waals surface area contributed by atoms with Gasteiger partial charge in [-0.2, -0.15) is 0 Å². The number of amides is 1. The van der Waals surface area contributed by atoms with Crippen molar-refractivity contribution in [2.45, 2.75) is 39.2 Å². The van der Waals surface area contributed by atoms with Crippen LogP contribution in [0.1, 0.15) is 38.2 Å². The maximum atomic E-state index is 11.3. The van der Waals surface area contributed by atoms with Crippen molar-refractivity contribution in [3.63, 3.8) is 0 Å². The number of likely N-dealkylation sites (tertiary alicyclic amines) is 1. The number of unbranched alkanes of at least 4 members (excludes halogenated alkanes) is 1. The molecule has 4 heterocycles. The summed E-state index contributed by atoms with van der Waals surface area (Å²) in [5.74, 6) is 2.54. The number of piperidine rings is 1. The number of aldehydes is 1. The Kier molecular flexibility index (Phi) is 11.4. The number of hydrogen-bond donors (Lipinski definition) is 1. The fraction of sp³-hybridized carbons (Fsp3) is 0.455. The molecule has 2 aliphatic heterocycles. The number of piperazine rings is 1. The zero-order valence-corrected chi connectivity index (χ0v) is 26.7. The molecule has 0 saturated carbocycles. The van der Waals surface area contributed by atoms with Crippen molar-refractivity contribution in [3.8, 4) is 22.9 Å². The average Bonchev–Trinajstić information content (AvgIpc) is 3.01. The summed E-state index contributed by atoms with van der Waals surface area (Å²) in [6.07, 6.45) is 6.35. The number of rotatable bonds is 12. The summed E-state index contributed by atoms with van der Waals surface area (Å²) < 4.78 is 6.26. The van der Waals surface area contributed by atoms with Crippen LogP contribution in [0.2, 0.25) is 10.0 Å². The van der Waals surface area contributed by atoms with Crippen LogP contribution >= 0.6 is 23.2 Å². The molecule has 234 valence electrons. The molecule has 0 spiro atoms. The Hall–Kier alpha value is -3.24. The Morgan fingerprint density at radius 1 is 1.00 bits per heavy atom. The number of carbonyl (C=O) groups is 2. The maximum Gasteiger partial charge on any atom is 0.220 e. The van der Waals surface area contributed by atoms with Crippen molar-refractivity contribution >= 4 is 41.2 Å².